The van der Waals surface area contributed by atoms with Crippen molar-refractivity contribution in [2.45, 2.75) is 37.8 Å². The highest BCUT2D eigenvalue weighted by atomic mass is 19.1. The molecule has 1 fully saturated rings. The van der Waals surface area contributed by atoms with Gasteiger partial charge >= 0.3 is 0 Å². The number of benzene rings is 1. The number of nitrogens with zero attached hydrogens (tertiary/aromatic N) is 3. The van der Waals surface area contributed by atoms with Gasteiger partial charge in [0.15, 0.2) is 5.43 Å². The number of H-pyrrole nitrogens is 1. The van der Waals surface area contributed by atoms with E-state index in [0.717, 1.165) is 25.7 Å². The van der Waals surface area contributed by atoms with Gasteiger partial charge in [0.05, 0.1) is 5.52 Å². The zero-order valence-corrected chi connectivity index (χ0v) is 14.0. The normalized spacial score (nSPS) is 20.2. The number of hydrogen-bond acceptors (Lipinski definition) is 4. The molecule has 8 heteroatoms. The van der Waals surface area contributed by atoms with Crippen molar-refractivity contribution >= 4 is 16.8 Å². The lowest BCUT2D eigenvalue weighted by Crippen LogP contribution is -2.38. The second-order valence-corrected chi connectivity index (χ2v) is 6.60. The minimum absolute atomic E-state index is 0.0232. The number of aromatic nitrogens is 4. The molecular weight excluding hydrogens is 337 g/mol. The van der Waals surface area contributed by atoms with E-state index in [2.05, 4.69) is 20.5 Å². The third-order valence-corrected chi connectivity index (χ3v) is 4.95. The van der Waals surface area contributed by atoms with Gasteiger partial charge in [-0.15, -0.1) is 10.2 Å². The van der Waals surface area contributed by atoms with Crippen LogP contribution < -0.4 is 10.7 Å². The minimum Gasteiger partial charge on any atom is -0.348 e. The molecule has 2 N–H and O–H groups in total. The fourth-order valence-corrected chi connectivity index (χ4v) is 3.54. The molecule has 1 saturated carbocycles. The zero-order chi connectivity index (χ0) is 18.1. The number of fused-ring (bicyclic) bond motifs is 1. The van der Waals surface area contributed by atoms with Gasteiger partial charge in [-0.3, -0.25) is 9.59 Å². The van der Waals surface area contributed by atoms with E-state index in [1.54, 1.807) is 12.7 Å². The first-order valence-electron chi connectivity index (χ1n) is 8.58. The van der Waals surface area contributed by atoms with Crippen molar-refractivity contribution in [1.82, 2.24) is 25.1 Å². The van der Waals surface area contributed by atoms with E-state index in [1.165, 1.54) is 24.3 Å². The lowest BCUT2D eigenvalue weighted by atomic mass is 9.91. The summed E-state index contributed by atoms with van der Waals surface area (Å²) in [7, 11) is 0. The molecular formula is C18H18FN5O2. The van der Waals surface area contributed by atoms with Crippen molar-refractivity contribution < 1.29 is 9.18 Å². The first-order chi connectivity index (χ1) is 12.6. The Morgan fingerprint density at radius 1 is 1.19 bits per heavy atom. The first-order valence-corrected chi connectivity index (χ1v) is 8.58. The predicted octanol–water partition coefficient (Wildman–Crippen LogP) is 2.17. The molecule has 1 amide bonds. The molecule has 2 heterocycles. The Hall–Kier alpha value is -3.03. The highest BCUT2D eigenvalue weighted by Crippen LogP contribution is 2.28. The number of aromatic amines is 1. The maximum absolute atomic E-state index is 13.9. The smallest absolute Gasteiger partial charge is 0.268 e. The van der Waals surface area contributed by atoms with Gasteiger partial charge < -0.3 is 14.9 Å². The van der Waals surface area contributed by atoms with Crippen LogP contribution in [0.5, 0.6) is 0 Å². The Labute approximate surface area is 148 Å². The maximum atomic E-state index is 13.9. The van der Waals surface area contributed by atoms with Crippen LogP contribution >= 0.6 is 0 Å². The van der Waals surface area contributed by atoms with Crippen LogP contribution in [0, 0.1) is 5.82 Å². The SMILES string of the molecule is O=C(NC1CCC(n2cnnc2)CC1)c1cc(=O)c2cccc(F)c2[nH]1. The molecule has 0 bridgehead atoms. The zero-order valence-electron chi connectivity index (χ0n) is 14.0. The number of nitrogens with one attached hydrogen (secondary N) is 2. The Balaban J connectivity index is 1.46. The van der Waals surface area contributed by atoms with Gasteiger partial charge in [0.25, 0.3) is 5.91 Å². The molecule has 0 spiro atoms. The van der Waals surface area contributed by atoms with E-state index >= 15 is 0 Å². The number of pyridine rings is 1. The number of halogens is 1. The topological polar surface area (TPSA) is 92.7 Å². The van der Waals surface area contributed by atoms with Gasteiger partial charge in [-0.25, -0.2) is 4.39 Å². The number of hydrogen-bond donors (Lipinski definition) is 2. The summed E-state index contributed by atoms with van der Waals surface area (Å²) in [6.45, 7) is 0. The number of carbonyl (C=O) groups excluding carboxylic acids is 1. The van der Waals surface area contributed by atoms with Gasteiger partial charge in [0, 0.05) is 23.5 Å². The van der Waals surface area contributed by atoms with Crippen LogP contribution in [0.3, 0.4) is 0 Å². The van der Waals surface area contributed by atoms with Crippen LogP contribution in [0.25, 0.3) is 10.9 Å². The van der Waals surface area contributed by atoms with Gasteiger partial charge in [0.2, 0.25) is 0 Å². The molecule has 0 radical (unpaired) electrons. The summed E-state index contributed by atoms with van der Waals surface area (Å²) < 4.78 is 15.9. The van der Waals surface area contributed by atoms with Crippen molar-refractivity contribution in [3.05, 3.63) is 58.7 Å². The number of carbonyl (C=O) groups is 1. The van der Waals surface area contributed by atoms with Crippen LogP contribution in [0.2, 0.25) is 0 Å². The average Bonchev–Trinajstić information content (AvgIpc) is 3.18. The molecule has 26 heavy (non-hydrogen) atoms. The molecule has 0 aliphatic heterocycles. The van der Waals surface area contributed by atoms with Crippen LogP contribution in [0.1, 0.15) is 42.2 Å². The van der Waals surface area contributed by atoms with Crippen molar-refractivity contribution in [2.75, 3.05) is 0 Å². The van der Waals surface area contributed by atoms with Crippen molar-refractivity contribution in [2.24, 2.45) is 0 Å². The van der Waals surface area contributed by atoms with Crippen LogP contribution in [0.15, 0.2) is 41.7 Å². The Bertz CT molecular complexity index is 990. The van der Waals surface area contributed by atoms with Crippen molar-refractivity contribution in [3.63, 3.8) is 0 Å². The minimum atomic E-state index is -0.552. The monoisotopic (exact) mass is 355 g/mol. The highest BCUT2D eigenvalue weighted by Gasteiger charge is 2.24. The molecule has 0 atom stereocenters. The van der Waals surface area contributed by atoms with Gasteiger partial charge in [-0.05, 0) is 37.8 Å². The molecule has 1 aromatic carbocycles. The number of para-hydroxylation sites is 1. The Kier molecular flexibility index (Phi) is 4.24. The Morgan fingerprint density at radius 3 is 2.65 bits per heavy atom. The van der Waals surface area contributed by atoms with Gasteiger partial charge in [-0.1, -0.05) is 6.07 Å². The molecule has 0 unspecified atom stereocenters. The molecule has 2 aromatic heterocycles. The molecule has 1 aliphatic carbocycles. The summed E-state index contributed by atoms with van der Waals surface area (Å²) in [6.07, 6.45) is 6.87. The fourth-order valence-electron chi connectivity index (χ4n) is 3.54. The standard InChI is InChI=1S/C18H18FN5O2/c19-14-3-1-2-13-16(25)8-15(23-17(13)14)18(26)22-11-4-6-12(7-5-11)24-9-20-21-10-24/h1-3,8-12H,4-7H2,(H,22,26)(H,23,25). The number of amides is 1. The van der Waals surface area contributed by atoms with Crippen molar-refractivity contribution in [1.29, 1.82) is 0 Å². The number of rotatable bonds is 3. The van der Waals surface area contributed by atoms with E-state index < -0.39 is 5.82 Å². The summed E-state index contributed by atoms with van der Waals surface area (Å²) >= 11 is 0. The quantitative estimate of drug-likeness (QED) is 0.753. The second-order valence-electron chi connectivity index (χ2n) is 6.60. The molecule has 0 saturated heterocycles. The largest absolute Gasteiger partial charge is 0.348 e. The molecule has 3 aromatic rings. The van der Waals surface area contributed by atoms with Crippen LogP contribution in [-0.2, 0) is 0 Å². The van der Waals surface area contributed by atoms with Gasteiger partial charge in [0.1, 0.15) is 24.2 Å². The highest BCUT2D eigenvalue weighted by molar-refractivity contribution is 5.95. The summed E-state index contributed by atoms with van der Waals surface area (Å²) in [4.78, 5) is 27.4. The molecule has 134 valence electrons. The lowest BCUT2D eigenvalue weighted by molar-refractivity contribution is 0.0917. The van der Waals surface area contributed by atoms with E-state index in [4.69, 9.17) is 0 Å². The average molecular weight is 355 g/mol. The molecule has 7 nitrogen and oxygen atoms in total. The maximum Gasteiger partial charge on any atom is 0.268 e. The van der Waals surface area contributed by atoms with Crippen LogP contribution in [-0.4, -0.2) is 31.7 Å². The summed E-state index contributed by atoms with van der Waals surface area (Å²) in [6, 6.07) is 5.85. The van der Waals surface area contributed by atoms with E-state index in [-0.39, 0.29) is 34.0 Å². The third-order valence-electron chi connectivity index (χ3n) is 4.95. The summed E-state index contributed by atoms with van der Waals surface area (Å²) in [5, 5.41) is 10.8. The van der Waals surface area contributed by atoms with Crippen LogP contribution in [0.4, 0.5) is 4.39 Å². The first kappa shape index (κ1) is 16.4. The molecule has 1 aliphatic rings. The third kappa shape index (κ3) is 3.10. The van der Waals surface area contributed by atoms with E-state index in [1.807, 2.05) is 4.57 Å². The fraction of sp³-hybridized carbons (Fsp3) is 0.333. The predicted molar refractivity (Wildman–Crippen MR) is 93.3 cm³/mol. The van der Waals surface area contributed by atoms with E-state index in [0.29, 0.717) is 6.04 Å². The van der Waals surface area contributed by atoms with E-state index in [9.17, 15) is 14.0 Å². The van der Waals surface area contributed by atoms with Gasteiger partial charge in [-0.2, -0.15) is 0 Å². The summed E-state index contributed by atoms with van der Waals surface area (Å²) in [5.74, 6) is -0.941. The van der Waals surface area contributed by atoms with Crippen molar-refractivity contribution in [3.8, 4) is 0 Å². The summed E-state index contributed by atoms with van der Waals surface area (Å²) in [5.41, 5.74) is -0.241. The lowest BCUT2D eigenvalue weighted by Gasteiger charge is -2.29. The molecule has 4 rings (SSSR count). The Morgan fingerprint density at radius 2 is 1.92 bits per heavy atom. The second kappa shape index (κ2) is 6.70.